The third-order valence-corrected chi connectivity index (χ3v) is 7.88. The quantitative estimate of drug-likeness (QED) is 0.120. The molecule has 0 saturated heterocycles. The van der Waals surface area contributed by atoms with Crippen molar-refractivity contribution < 1.29 is 18.8 Å². The van der Waals surface area contributed by atoms with Crippen molar-refractivity contribution >= 4 is 22.9 Å². The second-order valence-electron chi connectivity index (χ2n) is 10.3. The number of unbranched alkanes of at least 4 members (excludes halogenated alkanes) is 11. The van der Waals surface area contributed by atoms with Crippen LogP contribution in [0.15, 0.2) is 54.2 Å². The molecule has 0 aliphatic rings. The Balaban J connectivity index is 1.47. The highest BCUT2D eigenvalue weighted by Crippen LogP contribution is 2.32. The van der Waals surface area contributed by atoms with Crippen LogP contribution in [-0.2, 0) is 6.54 Å². The van der Waals surface area contributed by atoms with Gasteiger partial charge in [0, 0.05) is 5.56 Å². The first-order valence-corrected chi connectivity index (χ1v) is 15.6. The van der Waals surface area contributed by atoms with Crippen molar-refractivity contribution in [1.29, 1.82) is 0 Å². The topological polar surface area (TPSA) is 51.4 Å². The van der Waals surface area contributed by atoms with Crippen LogP contribution in [0.4, 0.5) is 5.69 Å². The largest absolute Gasteiger partial charge is 0.493 e. The molecule has 0 bridgehead atoms. The van der Waals surface area contributed by atoms with E-state index >= 15 is 0 Å². The van der Waals surface area contributed by atoms with Crippen LogP contribution in [0.25, 0.3) is 0 Å². The van der Waals surface area contributed by atoms with E-state index in [1.165, 1.54) is 69.1 Å². The molecule has 0 aliphatic carbocycles. The van der Waals surface area contributed by atoms with Gasteiger partial charge in [0.2, 0.25) is 5.51 Å². The number of aromatic nitrogens is 1. The van der Waals surface area contributed by atoms with Crippen molar-refractivity contribution in [1.82, 2.24) is 0 Å². The summed E-state index contributed by atoms with van der Waals surface area (Å²) in [4.78, 5) is 14.6. The van der Waals surface area contributed by atoms with Gasteiger partial charge in [0.25, 0.3) is 5.91 Å². The lowest BCUT2D eigenvalue weighted by Crippen LogP contribution is -2.31. The first kappa shape index (κ1) is 30.7. The molecule has 0 unspecified atom stereocenters. The molecule has 1 aromatic heterocycles. The Labute approximate surface area is 239 Å². The predicted octanol–water partition coefficient (Wildman–Crippen LogP) is 8.73. The number of hydrogen-bond acceptors (Lipinski definition) is 4. The van der Waals surface area contributed by atoms with Crippen LogP contribution >= 0.6 is 11.3 Å². The van der Waals surface area contributed by atoms with Gasteiger partial charge in [-0.1, -0.05) is 113 Å². The van der Waals surface area contributed by atoms with Crippen molar-refractivity contribution in [3.63, 3.8) is 0 Å². The van der Waals surface area contributed by atoms with E-state index in [-0.39, 0.29) is 5.91 Å². The number of carbonyl (C=O) groups excluding carboxylic acids is 1. The fourth-order valence-electron chi connectivity index (χ4n) is 4.82. The van der Waals surface area contributed by atoms with Gasteiger partial charge in [-0.15, -0.1) is 0 Å². The second kappa shape index (κ2) is 17.7. The van der Waals surface area contributed by atoms with Crippen LogP contribution < -0.4 is 19.4 Å². The number of aryl methyl sites for hydroxylation is 1. The molecule has 5 nitrogen and oxygen atoms in total. The number of methoxy groups -OCH3 is 1. The van der Waals surface area contributed by atoms with E-state index in [0.717, 1.165) is 24.1 Å². The minimum absolute atomic E-state index is 0.197. The number of ether oxygens (including phenoxy) is 2. The van der Waals surface area contributed by atoms with E-state index in [1.54, 1.807) is 24.5 Å². The molecule has 6 heteroatoms. The van der Waals surface area contributed by atoms with Crippen molar-refractivity contribution in [2.24, 2.45) is 0 Å². The summed E-state index contributed by atoms with van der Waals surface area (Å²) >= 11 is 1.71. The highest BCUT2D eigenvalue weighted by Gasteiger charge is 2.19. The summed E-state index contributed by atoms with van der Waals surface area (Å²) in [5.41, 5.74) is 4.43. The summed E-state index contributed by atoms with van der Waals surface area (Å²) in [7, 11) is 1.61. The van der Waals surface area contributed by atoms with Gasteiger partial charge < -0.3 is 14.8 Å². The summed E-state index contributed by atoms with van der Waals surface area (Å²) < 4.78 is 13.8. The van der Waals surface area contributed by atoms with Crippen LogP contribution in [0.2, 0.25) is 0 Å². The maximum Gasteiger partial charge on any atom is 0.259 e. The molecule has 0 fully saturated rings. The van der Waals surface area contributed by atoms with Crippen molar-refractivity contribution in [2.75, 3.05) is 19.0 Å². The number of nitrogens with one attached hydrogen (secondary N) is 1. The molecule has 1 heterocycles. The van der Waals surface area contributed by atoms with E-state index in [4.69, 9.17) is 9.47 Å². The molecule has 212 valence electrons. The molecule has 1 N–H and O–H groups in total. The van der Waals surface area contributed by atoms with Crippen molar-refractivity contribution in [2.45, 2.75) is 97.4 Å². The maximum atomic E-state index is 13.4. The minimum atomic E-state index is -0.197. The zero-order chi connectivity index (χ0) is 27.7. The number of hydrogen-bond donors (Lipinski definition) is 1. The van der Waals surface area contributed by atoms with Gasteiger partial charge in [-0.3, -0.25) is 4.79 Å². The molecule has 0 spiro atoms. The highest BCUT2D eigenvalue weighted by atomic mass is 32.1. The number of benzene rings is 2. The van der Waals surface area contributed by atoms with Gasteiger partial charge in [0.15, 0.2) is 24.2 Å². The fourth-order valence-corrected chi connectivity index (χ4v) is 5.45. The predicted molar refractivity (Wildman–Crippen MR) is 162 cm³/mol. The lowest BCUT2D eigenvalue weighted by Gasteiger charge is -2.16. The van der Waals surface area contributed by atoms with E-state index in [1.807, 2.05) is 36.4 Å². The van der Waals surface area contributed by atoms with Crippen LogP contribution in [0.3, 0.4) is 0 Å². The Morgan fingerprint density at radius 1 is 0.872 bits per heavy atom. The van der Waals surface area contributed by atoms with E-state index in [2.05, 4.69) is 35.4 Å². The Hall–Kier alpha value is -2.86. The van der Waals surface area contributed by atoms with Crippen molar-refractivity contribution in [3.8, 4) is 11.5 Å². The van der Waals surface area contributed by atoms with E-state index in [0.29, 0.717) is 30.2 Å². The number of amides is 1. The zero-order valence-electron chi connectivity index (χ0n) is 24.2. The van der Waals surface area contributed by atoms with E-state index < -0.39 is 0 Å². The Morgan fingerprint density at radius 2 is 1.54 bits per heavy atom. The number of nitrogens with zero attached hydrogens (tertiary/aromatic N) is 1. The summed E-state index contributed by atoms with van der Waals surface area (Å²) in [5, 5.41) is 3.11. The molecule has 3 rings (SSSR count). The Bertz CT molecular complexity index is 1130. The lowest BCUT2D eigenvalue weighted by molar-refractivity contribution is -0.683. The monoisotopic (exact) mass is 551 g/mol. The number of carbonyl (C=O) groups is 1. The molecule has 3 aromatic rings. The summed E-state index contributed by atoms with van der Waals surface area (Å²) in [6.07, 6.45) is 17.7. The molecule has 1 amide bonds. The third kappa shape index (κ3) is 10.7. The van der Waals surface area contributed by atoms with Crippen molar-refractivity contribution in [3.05, 3.63) is 70.2 Å². The summed E-state index contributed by atoms with van der Waals surface area (Å²) in [5.74, 6) is 0.901. The lowest BCUT2D eigenvalue weighted by atomic mass is 10.1. The van der Waals surface area contributed by atoms with Crippen LogP contribution in [-0.4, -0.2) is 19.6 Å². The Kier molecular flexibility index (Phi) is 13.9. The zero-order valence-corrected chi connectivity index (χ0v) is 25.0. The van der Waals surface area contributed by atoms with Gasteiger partial charge in [-0.2, -0.15) is 4.57 Å². The number of anilines is 1. The average Bonchev–Trinajstić information content (AvgIpc) is 3.36. The summed E-state index contributed by atoms with van der Waals surface area (Å²) in [6.45, 7) is 5.63. The molecular formula is C33H47N2O3S+. The fraction of sp³-hybridized carbons (Fsp3) is 0.515. The molecule has 39 heavy (non-hydrogen) atoms. The van der Waals surface area contributed by atoms with Gasteiger partial charge in [0.1, 0.15) is 0 Å². The SMILES string of the molecule is CCCCCCCCCCCCCCOc1c(OC)cccc1C(=O)Nc1ccccc1C[n+]1csc(C)c1. The average molecular weight is 552 g/mol. The number of rotatable bonds is 19. The van der Waals surface area contributed by atoms with E-state index in [9.17, 15) is 4.79 Å². The molecular weight excluding hydrogens is 504 g/mol. The van der Waals surface area contributed by atoms with Crippen LogP contribution in [0, 0.1) is 6.92 Å². The Morgan fingerprint density at radius 3 is 2.18 bits per heavy atom. The highest BCUT2D eigenvalue weighted by molar-refractivity contribution is 7.09. The molecule has 0 radical (unpaired) electrons. The number of thiazole rings is 1. The van der Waals surface area contributed by atoms with Gasteiger partial charge in [-0.25, -0.2) is 0 Å². The first-order chi connectivity index (χ1) is 19.1. The standard InChI is InChI=1S/C33H46N2O3S/c1-4-5-6-7-8-9-10-11-12-13-14-17-23-38-32-29(20-18-22-31(32)37-3)33(36)34-30-21-16-15-19-28(30)25-35-24-27(2)39-26-35/h15-16,18-22,24,26H,4-14,17,23,25H2,1-3H3/p+1. The number of para-hydroxylation sites is 2. The smallest absolute Gasteiger partial charge is 0.259 e. The van der Waals surface area contributed by atoms with Gasteiger partial charge in [0.05, 0.1) is 29.8 Å². The van der Waals surface area contributed by atoms with Crippen LogP contribution in [0.5, 0.6) is 11.5 Å². The molecule has 2 aromatic carbocycles. The third-order valence-electron chi connectivity index (χ3n) is 7.03. The maximum absolute atomic E-state index is 13.4. The normalized spacial score (nSPS) is 10.9. The second-order valence-corrected chi connectivity index (χ2v) is 11.4. The van der Waals surface area contributed by atoms with Crippen LogP contribution in [0.1, 0.15) is 105 Å². The van der Waals surface area contributed by atoms with Gasteiger partial charge >= 0.3 is 0 Å². The molecule has 0 atom stereocenters. The van der Waals surface area contributed by atoms with Gasteiger partial charge in [-0.05, 0) is 31.5 Å². The minimum Gasteiger partial charge on any atom is -0.493 e. The molecule has 0 saturated carbocycles. The first-order valence-electron chi connectivity index (χ1n) is 14.8. The molecule has 0 aliphatic heterocycles. The summed E-state index contributed by atoms with van der Waals surface area (Å²) in [6, 6.07) is 13.4.